The van der Waals surface area contributed by atoms with Crippen molar-refractivity contribution in [2.45, 2.75) is 0 Å². The summed E-state index contributed by atoms with van der Waals surface area (Å²) in [7, 11) is 0. The average molecular weight is 818 g/mol. The van der Waals surface area contributed by atoms with Crippen molar-refractivity contribution in [2.24, 2.45) is 0 Å². The van der Waals surface area contributed by atoms with Gasteiger partial charge in [-0.2, -0.15) is 0 Å². The maximum absolute atomic E-state index is 6.76. The number of para-hydroxylation sites is 1. The lowest BCUT2D eigenvalue weighted by Gasteiger charge is -2.19. The van der Waals surface area contributed by atoms with Gasteiger partial charge >= 0.3 is 0 Å². The van der Waals surface area contributed by atoms with Crippen molar-refractivity contribution in [1.82, 2.24) is 15.0 Å². The molecular formula is C59H35N3O2. The molecule has 0 saturated heterocycles. The minimum atomic E-state index is 0.529. The topological polar surface area (TPSA) is 65.0 Å². The second kappa shape index (κ2) is 14.5. The number of fused-ring (bicyclic) bond motifs is 10. The molecule has 0 aliphatic carbocycles. The molecule has 0 amide bonds. The molecule has 10 aromatic carbocycles. The fourth-order valence-corrected chi connectivity index (χ4v) is 9.55. The molecule has 5 nitrogen and oxygen atoms in total. The van der Waals surface area contributed by atoms with Crippen LogP contribution in [0.2, 0.25) is 0 Å². The standard InChI is InChI=1S/C59H35N3O2/c1-4-15-36(16-5-1)42-34-47(41-29-30-50-48(33-41)55-44-24-13-11-18-38(44)27-31-51(55)63-50)53(39-19-6-2-7-20-39)49(35-42)59-61-57(40-21-8-3-9-22-40)60-58(62-59)46-26-14-25-45-54-43-23-12-10-17-37(43)28-32-52(54)64-56(45)46/h1-35H. The molecule has 0 aliphatic heterocycles. The molecule has 0 bridgehead atoms. The third-order valence-corrected chi connectivity index (χ3v) is 12.5. The first kappa shape index (κ1) is 36.0. The van der Waals surface area contributed by atoms with Gasteiger partial charge in [0.25, 0.3) is 0 Å². The second-order valence-corrected chi connectivity index (χ2v) is 16.3. The summed E-state index contributed by atoms with van der Waals surface area (Å²) in [6, 6.07) is 74.0. The second-order valence-electron chi connectivity index (χ2n) is 16.3. The molecule has 13 aromatic rings. The van der Waals surface area contributed by atoms with Crippen LogP contribution in [0.5, 0.6) is 0 Å². The molecule has 0 aliphatic rings. The number of hydrogen-bond acceptors (Lipinski definition) is 5. The Balaban J connectivity index is 1.12. The van der Waals surface area contributed by atoms with E-state index in [-0.39, 0.29) is 0 Å². The molecule has 0 saturated carbocycles. The lowest BCUT2D eigenvalue weighted by molar-refractivity contribution is 0.669. The van der Waals surface area contributed by atoms with Crippen molar-refractivity contribution in [3.05, 3.63) is 212 Å². The van der Waals surface area contributed by atoms with Crippen LogP contribution in [-0.4, -0.2) is 15.0 Å². The van der Waals surface area contributed by atoms with Crippen molar-refractivity contribution < 1.29 is 8.83 Å². The lowest BCUT2D eigenvalue weighted by Crippen LogP contribution is -2.02. The highest BCUT2D eigenvalue weighted by Gasteiger charge is 2.24. The van der Waals surface area contributed by atoms with Crippen LogP contribution in [0, 0.1) is 0 Å². The van der Waals surface area contributed by atoms with Crippen LogP contribution in [0.4, 0.5) is 0 Å². The summed E-state index contributed by atoms with van der Waals surface area (Å²) < 4.78 is 13.3. The number of benzene rings is 10. The van der Waals surface area contributed by atoms with Gasteiger partial charge in [-0.15, -0.1) is 0 Å². The molecule has 298 valence electrons. The summed E-state index contributed by atoms with van der Waals surface area (Å²) in [5.74, 6) is 1.66. The summed E-state index contributed by atoms with van der Waals surface area (Å²) in [4.78, 5) is 16.1. The number of aromatic nitrogens is 3. The Morgan fingerprint density at radius 3 is 1.52 bits per heavy atom. The van der Waals surface area contributed by atoms with Crippen molar-refractivity contribution >= 4 is 65.4 Å². The van der Waals surface area contributed by atoms with Gasteiger partial charge < -0.3 is 8.83 Å². The number of nitrogens with zero attached hydrogens (tertiary/aromatic N) is 3. The fraction of sp³-hybridized carbons (Fsp3) is 0. The minimum Gasteiger partial charge on any atom is -0.456 e. The van der Waals surface area contributed by atoms with Crippen LogP contribution in [0.3, 0.4) is 0 Å². The van der Waals surface area contributed by atoms with Gasteiger partial charge in [0.1, 0.15) is 22.3 Å². The van der Waals surface area contributed by atoms with Crippen LogP contribution < -0.4 is 0 Å². The Hall–Kier alpha value is -8.67. The van der Waals surface area contributed by atoms with Crippen LogP contribution >= 0.6 is 0 Å². The van der Waals surface area contributed by atoms with Gasteiger partial charge in [0.2, 0.25) is 0 Å². The Morgan fingerprint density at radius 2 is 0.812 bits per heavy atom. The molecule has 0 atom stereocenters. The van der Waals surface area contributed by atoms with E-state index < -0.39 is 0 Å². The normalized spacial score (nSPS) is 11.8. The first-order chi connectivity index (χ1) is 31.7. The largest absolute Gasteiger partial charge is 0.456 e. The van der Waals surface area contributed by atoms with E-state index in [9.17, 15) is 0 Å². The highest BCUT2D eigenvalue weighted by Crippen LogP contribution is 2.46. The monoisotopic (exact) mass is 817 g/mol. The van der Waals surface area contributed by atoms with E-state index in [0.717, 1.165) is 110 Å². The van der Waals surface area contributed by atoms with Gasteiger partial charge in [-0.05, 0) is 91.8 Å². The summed E-state index contributed by atoms with van der Waals surface area (Å²) in [5, 5.41) is 8.91. The summed E-state index contributed by atoms with van der Waals surface area (Å²) in [6.45, 7) is 0. The average Bonchev–Trinajstić information content (AvgIpc) is 3.96. The predicted molar refractivity (Wildman–Crippen MR) is 262 cm³/mol. The maximum atomic E-state index is 6.76. The van der Waals surface area contributed by atoms with Crippen LogP contribution in [-0.2, 0) is 0 Å². The van der Waals surface area contributed by atoms with Crippen molar-refractivity contribution in [2.75, 3.05) is 0 Å². The zero-order valence-corrected chi connectivity index (χ0v) is 34.4. The molecule has 64 heavy (non-hydrogen) atoms. The smallest absolute Gasteiger partial charge is 0.167 e. The van der Waals surface area contributed by atoms with E-state index in [1.165, 1.54) is 5.39 Å². The molecule has 0 radical (unpaired) electrons. The van der Waals surface area contributed by atoms with Crippen LogP contribution in [0.1, 0.15) is 0 Å². The number of furan rings is 2. The Kier molecular flexibility index (Phi) is 8.15. The van der Waals surface area contributed by atoms with Crippen molar-refractivity contribution in [3.63, 3.8) is 0 Å². The molecule has 0 fully saturated rings. The van der Waals surface area contributed by atoms with E-state index in [4.69, 9.17) is 23.8 Å². The van der Waals surface area contributed by atoms with Crippen LogP contribution in [0.25, 0.3) is 133 Å². The molecule has 5 heteroatoms. The van der Waals surface area contributed by atoms with Gasteiger partial charge in [-0.3, -0.25) is 0 Å². The Morgan fingerprint density at radius 1 is 0.281 bits per heavy atom. The van der Waals surface area contributed by atoms with E-state index >= 15 is 0 Å². The van der Waals surface area contributed by atoms with E-state index in [2.05, 4.69) is 194 Å². The van der Waals surface area contributed by atoms with E-state index in [1.54, 1.807) is 0 Å². The first-order valence-corrected chi connectivity index (χ1v) is 21.5. The number of hydrogen-bond donors (Lipinski definition) is 0. The molecule has 13 rings (SSSR count). The van der Waals surface area contributed by atoms with E-state index in [1.807, 2.05) is 18.2 Å². The Bertz CT molecular complexity index is 3950. The van der Waals surface area contributed by atoms with Gasteiger partial charge in [-0.25, -0.2) is 15.0 Å². The zero-order valence-electron chi connectivity index (χ0n) is 34.4. The van der Waals surface area contributed by atoms with Gasteiger partial charge in [0.15, 0.2) is 17.5 Å². The quantitative estimate of drug-likeness (QED) is 0.167. The number of rotatable bonds is 6. The summed E-state index contributed by atoms with van der Waals surface area (Å²) in [6.07, 6.45) is 0. The van der Waals surface area contributed by atoms with Gasteiger partial charge in [-0.1, -0.05) is 170 Å². The maximum Gasteiger partial charge on any atom is 0.167 e. The molecule has 0 spiro atoms. The van der Waals surface area contributed by atoms with Gasteiger partial charge in [0, 0.05) is 38.2 Å². The third-order valence-electron chi connectivity index (χ3n) is 12.5. The van der Waals surface area contributed by atoms with Gasteiger partial charge in [0.05, 0.1) is 5.56 Å². The highest BCUT2D eigenvalue weighted by atomic mass is 16.3. The fourth-order valence-electron chi connectivity index (χ4n) is 9.55. The third kappa shape index (κ3) is 5.83. The Labute approximate surface area is 367 Å². The molecular weight excluding hydrogens is 783 g/mol. The van der Waals surface area contributed by atoms with Crippen molar-refractivity contribution in [3.8, 4) is 67.5 Å². The highest BCUT2D eigenvalue weighted by molar-refractivity contribution is 6.21. The minimum absolute atomic E-state index is 0.529. The molecule has 3 aromatic heterocycles. The molecule has 0 unspecified atom stereocenters. The molecule has 0 N–H and O–H groups in total. The van der Waals surface area contributed by atoms with Crippen LogP contribution in [0.15, 0.2) is 221 Å². The molecule has 3 heterocycles. The zero-order chi connectivity index (χ0) is 42.1. The summed E-state index contributed by atoms with van der Waals surface area (Å²) in [5.41, 5.74) is 12.1. The SMILES string of the molecule is c1ccc(-c2cc(-c3ccc4oc5ccc6ccccc6c5c4c3)c(-c3ccccc3)c(-c3nc(-c4ccccc4)nc(-c4cccc5c4oc4ccc6ccccc6c45)n3)c2)cc1. The van der Waals surface area contributed by atoms with E-state index in [0.29, 0.717) is 17.5 Å². The van der Waals surface area contributed by atoms with Crippen molar-refractivity contribution in [1.29, 1.82) is 0 Å². The first-order valence-electron chi connectivity index (χ1n) is 21.5. The lowest BCUT2D eigenvalue weighted by atomic mass is 9.86. The summed E-state index contributed by atoms with van der Waals surface area (Å²) >= 11 is 0. The predicted octanol–water partition coefficient (Wildman–Crippen LogP) is 16.0.